The van der Waals surface area contributed by atoms with Crippen LogP contribution < -0.4 is 0 Å². The van der Waals surface area contributed by atoms with Gasteiger partial charge in [0.05, 0.1) is 11.4 Å². The number of carboxylic acid groups (broad SMARTS) is 1. The molecular weight excluding hydrogens is 278 g/mol. The lowest BCUT2D eigenvalue weighted by atomic mass is 10.1. The zero-order valence-corrected chi connectivity index (χ0v) is 11.5. The summed E-state index contributed by atoms with van der Waals surface area (Å²) in [5, 5.41) is 22.8. The Morgan fingerprint density at radius 3 is 2.18 bits per heavy atom. The van der Waals surface area contributed by atoms with Gasteiger partial charge in [-0.2, -0.15) is 10.4 Å². The topological polar surface area (TPSA) is 78.9 Å². The molecule has 1 N–H and O–H groups in total. The van der Waals surface area contributed by atoms with E-state index in [0.29, 0.717) is 11.4 Å². The number of aromatic carboxylic acids is 1. The summed E-state index contributed by atoms with van der Waals surface area (Å²) >= 11 is 0. The number of carbonyl (C=O) groups is 1. The molecule has 1 heterocycles. The van der Waals surface area contributed by atoms with E-state index >= 15 is 0 Å². The first-order valence-electron chi connectivity index (χ1n) is 6.59. The van der Waals surface area contributed by atoms with Crippen LogP contribution in [0.3, 0.4) is 0 Å². The zero-order chi connectivity index (χ0) is 15.5. The highest BCUT2D eigenvalue weighted by molar-refractivity contribution is 5.91. The predicted octanol–water partition coefficient (Wildman–Crippen LogP) is 3.11. The molecule has 0 unspecified atom stereocenters. The standard InChI is InChI=1S/C17H11N3O2/c18-11-14-15(17(21)22)19-20(13-9-5-2-6-10-13)16(14)12-7-3-1-4-8-12/h1-10H,(H,21,22). The number of rotatable bonds is 3. The molecule has 0 bridgehead atoms. The first kappa shape index (κ1) is 13.6. The van der Waals surface area contributed by atoms with Gasteiger partial charge < -0.3 is 5.11 Å². The summed E-state index contributed by atoms with van der Waals surface area (Å²) in [7, 11) is 0. The maximum Gasteiger partial charge on any atom is 0.357 e. The van der Waals surface area contributed by atoms with E-state index in [1.165, 1.54) is 4.68 Å². The molecule has 5 nitrogen and oxygen atoms in total. The maximum atomic E-state index is 11.4. The van der Waals surface area contributed by atoms with Crippen molar-refractivity contribution in [2.24, 2.45) is 0 Å². The van der Waals surface area contributed by atoms with Crippen molar-refractivity contribution in [2.75, 3.05) is 0 Å². The van der Waals surface area contributed by atoms with E-state index in [4.69, 9.17) is 0 Å². The van der Waals surface area contributed by atoms with Crippen molar-refractivity contribution >= 4 is 5.97 Å². The van der Waals surface area contributed by atoms with Gasteiger partial charge in [-0.25, -0.2) is 9.48 Å². The highest BCUT2D eigenvalue weighted by Gasteiger charge is 2.24. The second-order valence-electron chi connectivity index (χ2n) is 4.60. The Morgan fingerprint density at radius 1 is 1.05 bits per heavy atom. The molecule has 5 heteroatoms. The van der Waals surface area contributed by atoms with Crippen molar-refractivity contribution < 1.29 is 9.90 Å². The minimum atomic E-state index is -1.22. The number of nitriles is 1. The van der Waals surface area contributed by atoms with Gasteiger partial charge in [-0.15, -0.1) is 0 Å². The Hall–Kier alpha value is -3.39. The molecule has 0 amide bonds. The van der Waals surface area contributed by atoms with Crippen LogP contribution in [-0.4, -0.2) is 20.9 Å². The molecule has 0 saturated carbocycles. The van der Waals surface area contributed by atoms with Crippen molar-refractivity contribution in [2.45, 2.75) is 0 Å². The first-order chi connectivity index (χ1) is 10.7. The fourth-order valence-corrected chi connectivity index (χ4v) is 2.29. The Labute approximate surface area is 126 Å². The SMILES string of the molecule is N#Cc1c(C(=O)O)nn(-c2ccccc2)c1-c1ccccc1. The van der Waals surface area contributed by atoms with Gasteiger partial charge in [-0.3, -0.25) is 0 Å². The average Bonchev–Trinajstić information content (AvgIpc) is 2.96. The Balaban J connectivity index is 2.35. The molecule has 0 radical (unpaired) electrons. The maximum absolute atomic E-state index is 11.4. The molecule has 2 aromatic carbocycles. The van der Waals surface area contributed by atoms with E-state index in [-0.39, 0.29) is 11.3 Å². The zero-order valence-electron chi connectivity index (χ0n) is 11.5. The largest absolute Gasteiger partial charge is 0.476 e. The van der Waals surface area contributed by atoms with Gasteiger partial charge in [-0.1, -0.05) is 48.5 Å². The summed E-state index contributed by atoms with van der Waals surface area (Å²) in [5.41, 5.74) is 1.73. The smallest absolute Gasteiger partial charge is 0.357 e. The number of hydrogen-bond donors (Lipinski definition) is 1. The second kappa shape index (κ2) is 5.54. The van der Waals surface area contributed by atoms with Crippen LogP contribution in [0.15, 0.2) is 60.7 Å². The summed E-state index contributed by atoms with van der Waals surface area (Å²) in [6, 6.07) is 20.3. The van der Waals surface area contributed by atoms with E-state index in [0.717, 1.165) is 5.56 Å². The van der Waals surface area contributed by atoms with Gasteiger partial charge in [0.2, 0.25) is 0 Å². The molecule has 0 aliphatic rings. The Kier molecular flexibility index (Phi) is 3.42. The third kappa shape index (κ3) is 2.23. The second-order valence-corrected chi connectivity index (χ2v) is 4.60. The summed E-state index contributed by atoms with van der Waals surface area (Å²) in [4.78, 5) is 11.4. The minimum Gasteiger partial charge on any atom is -0.476 e. The lowest BCUT2D eigenvalue weighted by Gasteiger charge is -2.07. The van der Waals surface area contributed by atoms with E-state index in [9.17, 15) is 15.2 Å². The van der Waals surface area contributed by atoms with Gasteiger partial charge >= 0.3 is 5.97 Å². The molecule has 0 atom stereocenters. The van der Waals surface area contributed by atoms with Crippen LogP contribution in [-0.2, 0) is 0 Å². The Bertz CT molecular complexity index is 862. The number of carboxylic acids is 1. The van der Waals surface area contributed by atoms with Gasteiger partial charge in [-0.05, 0) is 12.1 Å². The minimum absolute atomic E-state index is 0.0579. The quantitative estimate of drug-likeness (QED) is 0.803. The molecule has 0 saturated heterocycles. The van der Waals surface area contributed by atoms with Crippen molar-refractivity contribution in [1.82, 2.24) is 9.78 Å². The average molecular weight is 289 g/mol. The van der Waals surface area contributed by atoms with Crippen LogP contribution in [0.5, 0.6) is 0 Å². The van der Waals surface area contributed by atoms with Gasteiger partial charge in [0.1, 0.15) is 11.6 Å². The number of para-hydroxylation sites is 1. The molecule has 106 valence electrons. The van der Waals surface area contributed by atoms with Crippen LogP contribution in [0.4, 0.5) is 0 Å². The van der Waals surface area contributed by atoms with Crippen molar-refractivity contribution in [1.29, 1.82) is 5.26 Å². The molecule has 3 rings (SSSR count). The molecule has 1 aromatic heterocycles. The fraction of sp³-hybridized carbons (Fsp3) is 0. The molecule has 0 aliphatic carbocycles. The van der Waals surface area contributed by atoms with Crippen molar-refractivity contribution in [3.05, 3.63) is 71.9 Å². The third-order valence-electron chi connectivity index (χ3n) is 3.25. The molecular formula is C17H11N3O2. The lowest BCUT2D eigenvalue weighted by molar-refractivity contribution is 0.0689. The van der Waals surface area contributed by atoms with Gasteiger partial charge in [0, 0.05) is 5.56 Å². The van der Waals surface area contributed by atoms with Crippen molar-refractivity contribution in [3.63, 3.8) is 0 Å². The van der Waals surface area contributed by atoms with Crippen LogP contribution in [0.1, 0.15) is 16.1 Å². The molecule has 0 spiro atoms. The summed E-state index contributed by atoms with van der Waals surface area (Å²) in [6.45, 7) is 0. The predicted molar refractivity (Wildman–Crippen MR) is 80.7 cm³/mol. The van der Waals surface area contributed by atoms with Crippen LogP contribution >= 0.6 is 0 Å². The monoisotopic (exact) mass is 289 g/mol. The summed E-state index contributed by atoms with van der Waals surface area (Å²) in [6.07, 6.45) is 0. The molecule has 22 heavy (non-hydrogen) atoms. The molecule has 3 aromatic rings. The van der Waals surface area contributed by atoms with E-state index in [1.807, 2.05) is 66.7 Å². The number of hydrogen-bond acceptors (Lipinski definition) is 3. The van der Waals surface area contributed by atoms with Crippen molar-refractivity contribution in [3.8, 4) is 23.0 Å². The van der Waals surface area contributed by atoms with E-state index in [2.05, 4.69) is 5.10 Å². The number of benzene rings is 2. The molecule has 0 fully saturated rings. The third-order valence-corrected chi connectivity index (χ3v) is 3.25. The fourth-order valence-electron chi connectivity index (χ4n) is 2.29. The van der Waals surface area contributed by atoms with Gasteiger partial charge in [0.15, 0.2) is 5.69 Å². The molecule has 0 aliphatic heterocycles. The summed E-state index contributed by atoms with van der Waals surface area (Å²) < 4.78 is 1.50. The number of aromatic nitrogens is 2. The number of nitrogens with zero attached hydrogens (tertiary/aromatic N) is 3. The highest BCUT2D eigenvalue weighted by Crippen LogP contribution is 2.28. The van der Waals surface area contributed by atoms with Crippen LogP contribution in [0.25, 0.3) is 16.9 Å². The van der Waals surface area contributed by atoms with Crippen LogP contribution in [0, 0.1) is 11.3 Å². The first-order valence-corrected chi connectivity index (χ1v) is 6.59. The lowest BCUT2D eigenvalue weighted by Crippen LogP contribution is -2.02. The highest BCUT2D eigenvalue weighted by atomic mass is 16.4. The van der Waals surface area contributed by atoms with Gasteiger partial charge in [0.25, 0.3) is 0 Å². The normalized spacial score (nSPS) is 10.1. The summed E-state index contributed by atoms with van der Waals surface area (Å²) in [5.74, 6) is -1.22. The van der Waals surface area contributed by atoms with E-state index < -0.39 is 5.97 Å². The van der Waals surface area contributed by atoms with Crippen LogP contribution in [0.2, 0.25) is 0 Å². The van der Waals surface area contributed by atoms with E-state index in [1.54, 1.807) is 0 Å². The Morgan fingerprint density at radius 2 is 1.64 bits per heavy atom.